The van der Waals surface area contributed by atoms with Crippen molar-refractivity contribution in [2.75, 3.05) is 19.0 Å². The molecule has 1 fully saturated rings. The van der Waals surface area contributed by atoms with Gasteiger partial charge in [0.25, 0.3) is 0 Å². The zero-order valence-corrected chi connectivity index (χ0v) is 21.5. The summed E-state index contributed by atoms with van der Waals surface area (Å²) in [7, 11) is 2.21. The molecule has 0 radical (unpaired) electrons. The zero-order chi connectivity index (χ0) is 24.2. The van der Waals surface area contributed by atoms with Gasteiger partial charge in [0.2, 0.25) is 0 Å². The number of rotatable bonds is 13. The number of halogens is 2. The summed E-state index contributed by atoms with van der Waals surface area (Å²) in [5.74, 6) is 1.58. The lowest BCUT2D eigenvalue weighted by Gasteiger charge is -2.21. The van der Waals surface area contributed by atoms with E-state index >= 15 is 0 Å². The summed E-state index contributed by atoms with van der Waals surface area (Å²) < 4.78 is 9.89. The van der Waals surface area contributed by atoms with Crippen LogP contribution in [-0.2, 0) is 25.7 Å². The van der Waals surface area contributed by atoms with E-state index in [2.05, 4.69) is 25.0 Å². The number of thioether (sulfide) groups is 1. The fraction of sp³-hybridized carbons (Fsp3) is 0.609. The minimum Gasteiger partial charge on any atom is -0.463 e. The van der Waals surface area contributed by atoms with Crippen molar-refractivity contribution >= 4 is 54.7 Å². The number of carbonyl (C=O) groups excluding carboxylic acids is 2. The van der Waals surface area contributed by atoms with Gasteiger partial charge in [-0.05, 0) is 43.2 Å². The molecule has 1 aliphatic carbocycles. The lowest BCUT2D eigenvalue weighted by molar-refractivity contribution is -0.145. The van der Waals surface area contributed by atoms with Gasteiger partial charge in [-0.25, -0.2) is 4.98 Å². The van der Waals surface area contributed by atoms with E-state index < -0.39 is 0 Å². The SMILES string of the molecule is BC1C[C@H](C/C=C\CCCC(=O)OCCO)[C@@H](CSc2cc(Cl)nc(COC(C)=O)c2)C1Cl. The van der Waals surface area contributed by atoms with Crippen molar-refractivity contribution < 1.29 is 24.2 Å². The Morgan fingerprint density at radius 2 is 2.12 bits per heavy atom. The molecular formula is C23H32BCl2NO5S. The van der Waals surface area contributed by atoms with Gasteiger partial charge in [0.15, 0.2) is 0 Å². The second-order valence-corrected chi connectivity index (χ2v) is 10.3. The summed E-state index contributed by atoms with van der Waals surface area (Å²) in [5, 5.41) is 9.16. The van der Waals surface area contributed by atoms with Gasteiger partial charge in [-0.2, -0.15) is 0 Å². The molecule has 0 saturated heterocycles. The Hall–Kier alpha value is -1.22. The van der Waals surface area contributed by atoms with Gasteiger partial charge in [-0.3, -0.25) is 9.59 Å². The Labute approximate surface area is 211 Å². The van der Waals surface area contributed by atoms with Crippen LogP contribution in [0.2, 0.25) is 11.0 Å². The molecule has 0 aliphatic heterocycles. The fourth-order valence-electron chi connectivity index (χ4n) is 4.00. The van der Waals surface area contributed by atoms with E-state index in [0.717, 1.165) is 36.3 Å². The van der Waals surface area contributed by atoms with E-state index in [1.807, 2.05) is 12.1 Å². The highest BCUT2D eigenvalue weighted by Crippen LogP contribution is 2.46. The summed E-state index contributed by atoms with van der Waals surface area (Å²) in [4.78, 5) is 27.7. The van der Waals surface area contributed by atoms with Gasteiger partial charge < -0.3 is 14.6 Å². The van der Waals surface area contributed by atoms with Gasteiger partial charge in [0.05, 0.1) is 12.3 Å². The van der Waals surface area contributed by atoms with Crippen LogP contribution in [0.25, 0.3) is 0 Å². The average molecular weight is 516 g/mol. The topological polar surface area (TPSA) is 85.7 Å². The van der Waals surface area contributed by atoms with Crippen LogP contribution in [0, 0.1) is 11.8 Å². The number of alkyl halides is 1. The molecule has 1 N–H and O–H groups in total. The van der Waals surface area contributed by atoms with Crippen LogP contribution < -0.4 is 0 Å². The number of aliphatic hydroxyl groups is 1. The third-order valence-corrected chi connectivity index (χ3v) is 7.70. The Bertz CT molecular complexity index is 813. The molecule has 6 nitrogen and oxygen atoms in total. The zero-order valence-electron chi connectivity index (χ0n) is 19.2. The number of esters is 2. The predicted molar refractivity (Wildman–Crippen MR) is 135 cm³/mol. The van der Waals surface area contributed by atoms with Gasteiger partial charge in [0.1, 0.15) is 26.2 Å². The third kappa shape index (κ3) is 10.3. The highest BCUT2D eigenvalue weighted by atomic mass is 35.5. The van der Waals surface area contributed by atoms with Crippen LogP contribution >= 0.6 is 35.0 Å². The molecule has 0 bridgehead atoms. The number of hydrogen-bond acceptors (Lipinski definition) is 7. The van der Waals surface area contributed by atoms with Gasteiger partial charge in [-0.15, -0.1) is 23.4 Å². The molecule has 33 heavy (non-hydrogen) atoms. The van der Waals surface area contributed by atoms with Gasteiger partial charge >= 0.3 is 11.9 Å². The van der Waals surface area contributed by atoms with E-state index in [1.165, 1.54) is 6.92 Å². The maximum absolute atomic E-state index is 11.4. The van der Waals surface area contributed by atoms with Crippen molar-refractivity contribution in [2.45, 2.75) is 61.7 Å². The normalized spacial score (nSPS) is 22.5. The van der Waals surface area contributed by atoms with Crippen LogP contribution in [0.3, 0.4) is 0 Å². The van der Waals surface area contributed by atoms with E-state index in [1.54, 1.807) is 11.8 Å². The molecule has 1 aliphatic rings. The average Bonchev–Trinajstić information content (AvgIpc) is 3.04. The second-order valence-electron chi connectivity index (χ2n) is 8.33. The lowest BCUT2D eigenvalue weighted by atomic mass is 9.85. The maximum Gasteiger partial charge on any atom is 0.305 e. The molecule has 0 aromatic carbocycles. The van der Waals surface area contributed by atoms with Crippen molar-refractivity contribution in [1.82, 2.24) is 4.98 Å². The smallest absolute Gasteiger partial charge is 0.305 e. The van der Waals surface area contributed by atoms with Crippen LogP contribution in [0.15, 0.2) is 29.2 Å². The number of aromatic nitrogens is 1. The van der Waals surface area contributed by atoms with Crippen molar-refractivity contribution in [1.29, 1.82) is 0 Å². The number of allylic oxidation sites excluding steroid dienone is 2. The van der Waals surface area contributed by atoms with E-state index in [-0.39, 0.29) is 37.1 Å². The first-order valence-corrected chi connectivity index (χ1v) is 13.1. The molecule has 0 spiro atoms. The minimum absolute atomic E-state index is 0.0622. The number of hydrogen-bond donors (Lipinski definition) is 1. The van der Waals surface area contributed by atoms with Crippen molar-refractivity contribution in [2.24, 2.45) is 11.8 Å². The van der Waals surface area contributed by atoms with Crippen LogP contribution in [-0.4, -0.2) is 54.2 Å². The molecule has 1 saturated carbocycles. The Morgan fingerprint density at radius 1 is 1.33 bits per heavy atom. The molecule has 1 aromatic rings. The number of unbranched alkanes of at least 4 members (excludes halogenated alkanes) is 1. The number of pyridine rings is 1. The van der Waals surface area contributed by atoms with E-state index in [0.29, 0.717) is 34.9 Å². The highest BCUT2D eigenvalue weighted by Gasteiger charge is 2.38. The van der Waals surface area contributed by atoms with Crippen molar-refractivity contribution in [3.63, 3.8) is 0 Å². The summed E-state index contributed by atoms with van der Waals surface area (Å²) in [6.45, 7) is 1.39. The monoisotopic (exact) mass is 515 g/mol. The molecule has 2 rings (SSSR count). The number of aliphatic hydroxyl groups excluding tert-OH is 1. The molecule has 2 unspecified atom stereocenters. The maximum atomic E-state index is 11.4. The van der Waals surface area contributed by atoms with Crippen LogP contribution in [0.5, 0.6) is 0 Å². The van der Waals surface area contributed by atoms with Crippen LogP contribution in [0.1, 0.15) is 44.7 Å². The molecule has 4 atom stereocenters. The molecule has 0 amide bonds. The molecule has 1 heterocycles. The summed E-state index contributed by atoms with van der Waals surface area (Å²) >= 11 is 14.6. The van der Waals surface area contributed by atoms with Crippen molar-refractivity contribution in [3.8, 4) is 0 Å². The molecular weight excluding hydrogens is 484 g/mol. The van der Waals surface area contributed by atoms with Gasteiger partial charge in [0, 0.05) is 29.4 Å². The van der Waals surface area contributed by atoms with E-state index in [4.69, 9.17) is 37.8 Å². The summed E-state index contributed by atoms with van der Waals surface area (Å²) in [6.07, 6.45) is 8.29. The number of ether oxygens (including phenoxy) is 2. The molecule has 182 valence electrons. The second kappa shape index (κ2) is 14.9. The third-order valence-electron chi connectivity index (χ3n) is 5.63. The first-order valence-electron chi connectivity index (χ1n) is 11.3. The standard InChI is InChI=1S/C23H32BCl2NO5S/c1-15(29)32-13-17-11-18(12-21(25)27-17)33-14-19-16(10-20(24)23(19)26)6-4-2-3-5-7-22(30)31-9-8-28/h2,4,11-12,16,19-20,23,28H,3,5-10,13-14,24H2,1H3/b4-2-/t16-,19+,20?,23?/m0/s1. The Kier molecular flexibility index (Phi) is 12.7. The first-order chi connectivity index (χ1) is 15.8. The summed E-state index contributed by atoms with van der Waals surface area (Å²) in [5.41, 5.74) is 0.627. The Morgan fingerprint density at radius 3 is 2.85 bits per heavy atom. The largest absolute Gasteiger partial charge is 0.463 e. The number of carbonyl (C=O) groups is 2. The minimum atomic E-state index is -0.353. The highest BCUT2D eigenvalue weighted by molar-refractivity contribution is 7.99. The first kappa shape index (κ1) is 28.0. The fourth-order valence-corrected chi connectivity index (χ4v) is 6.07. The molecule has 10 heteroatoms. The summed E-state index contributed by atoms with van der Waals surface area (Å²) in [6, 6.07) is 3.73. The lowest BCUT2D eigenvalue weighted by Crippen LogP contribution is -2.19. The predicted octanol–water partition coefficient (Wildman–Crippen LogP) is 4.21. The molecule has 1 aromatic heterocycles. The van der Waals surface area contributed by atoms with Crippen LogP contribution in [0.4, 0.5) is 0 Å². The van der Waals surface area contributed by atoms with Gasteiger partial charge in [-0.1, -0.05) is 36.0 Å². The number of nitrogens with zero attached hydrogens (tertiary/aromatic N) is 1. The Balaban J connectivity index is 1.84. The van der Waals surface area contributed by atoms with E-state index in [9.17, 15) is 9.59 Å². The quantitative estimate of drug-likeness (QED) is 0.0800. The van der Waals surface area contributed by atoms with Crippen molar-refractivity contribution in [3.05, 3.63) is 35.1 Å².